The van der Waals surface area contributed by atoms with Crippen LogP contribution in [0.15, 0.2) is 30.8 Å². The Kier molecular flexibility index (Phi) is 7.50. The van der Waals surface area contributed by atoms with Crippen LogP contribution in [-0.4, -0.2) is 46.0 Å². The lowest BCUT2D eigenvalue weighted by Gasteiger charge is -2.29. The lowest BCUT2D eigenvalue weighted by atomic mass is 9.92. The number of aromatic nitrogens is 2. The standard InChI is InChI=1S/C29H33F2N3O3/c1-6-20-23(30)11-10-18-14-19(35)15-22(24(18)20)17(3)25(31)26-21(7-2)27(33-28(32-26)37-5)34-13-9-8-12-29(4,36)16-34/h7,10-11,14-15,35-36H,3,6,8-9,12-13,16H2,1-2,4-5H3/b21-7?,26-25-. The number of anilines is 1. The van der Waals surface area contributed by atoms with Gasteiger partial charge in [-0.2, -0.15) is 9.97 Å². The number of allylic oxidation sites excluding steroid dienone is 1. The molecule has 1 unspecified atom stereocenters. The number of benzene rings is 2. The van der Waals surface area contributed by atoms with Gasteiger partial charge in [-0.15, -0.1) is 0 Å². The number of ether oxygens (including phenoxy) is 1. The van der Waals surface area contributed by atoms with Crippen LogP contribution in [-0.2, 0) is 6.42 Å². The first-order valence-electron chi connectivity index (χ1n) is 12.5. The number of β-amino-alcohol motifs (C(OH)–C–C–N with tert-alkyl or cyclic N) is 1. The molecule has 1 saturated heterocycles. The normalized spacial score (nSPS) is 19.6. The predicted molar refractivity (Wildman–Crippen MR) is 143 cm³/mol. The highest BCUT2D eigenvalue weighted by Crippen LogP contribution is 2.36. The van der Waals surface area contributed by atoms with E-state index in [4.69, 9.17) is 4.74 Å². The van der Waals surface area contributed by atoms with E-state index in [1.165, 1.54) is 25.3 Å². The lowest BCUT2D eigenvalue weighted by Crippen LogP contribution is -2.45. The molecule has 6 nitrogen and oxygen atoms in total. The van der Waals surface area contributed by atoms with Crippen LogP contribution in [0.3, 0.4) is 0 Å². The summed E-state index contributed by atoms with van der Waals surface area (Å²) in [6, 6.07) is 5.78. The first-order valence-corrected chi connectivity index (χ1v) is 12.5. The molecular weight excluding hydrogens is 476 g/mol. The Morgan fingerprint density at radius 3 is 2.70 bits per heavy atom. The number of phenols is 1. The first kappa shape index (κ1) is 26.5. The van der Waals surface area contributed by atoms with Gasteiger partial charge in [0.1, 0.15) is 22.7 Å². The second kappa shape index (κ2) is 10.5. The molecule has 0 bridgehead atoms. The summed E-state index contributed by atoms with van der Waals surface area (Å²) in [5.74, 6) is -0.775. The Morgan fingerprint density at radius 1 is 1.27 bits per heavy atom. The van der Waals surface area contributed by atoms with Crippen molar-refractivity contribution in [1.82, 2.24) is 9.97 Å². The Bertz CT molecular complexity index is 1480. The molecule has 0 aliphatic carbocycles. The number of halogens is 2. The average molecular weight is 510 g/mol. The summed E-state index contributed by atoms with van der Waals surface area (Å²) in [6.45, 7) is 10.3. The lowest BCUT2D eigenvalue weighted by molar-refractivity contribution is 0.0611. The van der Waals surface area contributed by atoms with Crippen LogP contribution in [0.2, 0.25) is 0 Å². The van der Waals surface area contributed by atoms with Crippen molar-refractivity contribution in [2.75, 3.05) is 25.1 Å². The Balaban J connectivity index is 1.99. The Labute approximate surface area is 215 Å². The zero-order valence-corrected chi connectivity index (χ0v) is 21.7. The Morgan fingerprint density at radius 2 is 2.03 bits per heavy atom. The number of aromatic hydroxyl groups is 1. The van der Waals surface area contributed by atoms with Crippen LogP contribution in [0.5, 0.6) is 11.8 Å². The summed E-state index contributed by atoms with van der Waals surface area (Å²) in [7, 11) is 1.41. The molecule has 1 atom stereocenters. The minimum absolute atomic E-state index is 0.0239. The fraction of sp³-hybridized carbons (Fsp3) is 0.379. The number of rotatable bonds is 5. The van der Waals surface area contributed by atoms with Crippen LogP contribution in [0, 0.1) is 5.82 Å². The van der Waals surface area contributed by atoms with E-state index < -0.39 is 17.2 Å². The fourth-order valence-corrected chi connectivity index (χ4v) is 5.11. The first-order chi connectivity index (χ1) is 17.6. The highest BCUT2D eigenvalue weighted by molar-refractivity contribution is 6.05. The quantitative estimate of drug-likeness (QED) is 0.532. The van der Waals surface area contributed by atoms with Crippen molar-refractivity contribution in [3.05, 3.63) is 58.4 Å². The van der Waals surface area contributed by atoms with Crippen LogP contribution < -0.4 is 20.2 Å². The summed E-state index contributed by atoms with van der Waals surface area (Å²) in [6.07, 6.45) is 4.46. The highest BCUT2D eigenvalue weighted by Gasteiger charge is 2.29. The summed E-state index contributed by atoms with van der Waals surface area (Å²) in [5, 5.41) is 22.7. The number of nitrogens with zero attached hydrogens (tertiary/aromatic N) is 3. The van der Waals surface area contributed by atoms with E-state index in [1.54, 1.807) is 26.0 Å². The molecule has 0 spiro atoms. The maximum Gasteiger partial charge on any atom is 0.318 e. The molecule has 4 rings (SSSR count). The molecule has 0 radical (unpaired) electrons. The zero-order valence-electron chi connectivity index (χ0n) is 21.7. The number of hydrogen-bond acceptors (Lipinski definition) is 6. The number of aliphatic hydroxyl groups is 1. The third-order valence-electron chi connectivity index (χ3n) is 6.91. The van der Waals surface area contributed by atoms with Crippen LogP contribution in [0.1, 0.15) is 51.2 Å². The minimum atomic E-state index is -0.924. The fourth-order valence-electron chi connectivity index (χ4n) is 5.11. The molecule has 2 heterocycles. The summed E-state index contributed by atoms with van der Waals surface area (Å²) >= 11 is 0. The highest BCUT2D eigenvalue weighted by atomic mass is 19.1. The number of fused-ring (bicyclic) bond motifs is 1. The van der Waals surface area contributed by atoms with Crippen molar-refractivity contribution in [1.29, 1.82) is 0 Å². The molecule has 196 valence electrons. The van der Waals surface area contributed by atoms with Gasteiger partial charge in [0.2, 0.25) is 0 Å². The van der Waals surface area contributed by atoms with E-state index in [9.17, 15) is 14.6 Å². The van der Waals surface area contributed by atoms with Crippen LogP contribution in [0.4, 0.5) is 14.6 Å². The van der Waals surface area contributed by atoms with Crippen LogP contribution >= 0.6 is 0 Å². The van der Waals surface area contributed by atoms with Crippen molar-refractivity contribution < 1.29 is 23.7 Å². The van der Waals surface area contributed by atoms with E-state index in [0.717, 1.165) is 12.8 Å². The van der Waals surface area contributed by atoms with E-state index in [2.05, 4.69) is 16.5 Å². The number of aryl methyl sites for hydroxylation is 1. The maximum absolute atomic E-state index is 16.4. The summed E-state index contributed by atoms with van der Waals surface area (Å²) in [4.78, 5) is 10.8. The number of phenolic OH excluding ortho intramolecular Hbond substituents is 1. The maximum atomic E-state index is 16.4. The molecule has 2 aromatic carbocycles. The predicted octanol–water partition coefficient (Wildman–Crippen LogP) is 4.38. The van der Waals surface area contributed by atoms with Gasteiger partial charge >= 0.3 is 6.01 Å². The average Bonchev–Trinajstić information content (AvgIpc) is 3.06. The van der Waals surface area contributed by atoms with E-state index in [-0.39, 0.29) is 28.2 Å². The van der Waals surface area contributed by atoms with E-state index in [1.807, 2.05) is 11.8 Å². The van der Waals surface area contributed by atoms with Gasteiger partial charge in [-0.25, -0.2) is 8.78 Å². The molecule has 2 N–H and O–H groups in total. The second-order valence-corrected chi connectivity index (χ2v) is 9.72. The molecular formula is C29H33F2N3O3. The molecule has 3 aromatic rings. The van der Waals surface area contributed by atoms with Crippen molar-refractivity contribution in [2.45, 2.75) is 52.1 Å². The minimum Gasteiger partial charge on any atom is -0.508 e. The number of hydrogen-bond donors (Lipinski definition) is 2. The third-order valence-corrected chi connectivity index (χ3v) is 6.91. The second-order valence-electron chi connectivity index (χ2n) is 9.72. The van der Waals surface area contributed by atoms with Crippen molar-refractivity contribution in [3.63, 3.8) is 0 Å². The third kappa shape index (κ3) is 5.16. The van der Waals surface area contributed by atoms with Gasteiger partial charge in [-0.3, -0.25) is 0 Å². The van der Waals surface area contributed by atoms with E-state index >= 15 is 4.39 Å². The van der Waals surface area contributed by atoms with Crippen molar-refractivity contribution in [3.8, 4) is 11.8 Å². The molecule has 1 aromatic heterocycles. The molecule has 1 fully saturated rings. The molecule has 1 aliphatic heterocycles. The van der Waals surface area contributed by atoms with Gasteiger partial charge in [-0.05, 0) is 79.6 Å². The van der Waals surface area contributed by atoms with Crippen molar-refractivity contribution in [2.24, 2.45) is 0 Å². The molecule has 8 heteroatoms. The van der Waals surface area contributed by atoms with Gasteiger partial charge in [0.05, 0.1) is 12.7 Å². The van der Waals surface area contributed by atoms with Gasteiger partial charge in [0, 0.05) is 23.9 Å². The van der Waals surface area contributed by atoms with Gasteiger partial charge in [0.15, 0.2) is 5.83 Å². The smallest absolute Gasteiger partial charge is 0.318 e. The monoisotopic (exact) mass is 509 g/mol. The van der Waals surface area contributed by atoms with Gasteiger partial charge in [0.25, 0.3) is 0 Å². The van der Waals surface area contributed by atoms with Crippen LogP contribution in [0.25, 0.3) is 28.2 Å². The van der Waals surface area contributed by atoms with Crippen molar-refractivity contribution >= 4 is 34.1 Å². The van der Waals surface area contributed by atoms with Gasteiger partial charge < -0.3 is 19.8 Å². The molecule has 1 aliphatic rings. The molecule has 37 heavy (non-hydrogen) atoms. The summed E-state index contributed by atoms with van der Waals surface area (Å²) in [5.41, 5.74) is -0.273. The molecule has 0 saturated carbocycles. The zero-order chi connectivity index (χ0) is 26.9. The topological polar surface area (TPSA) is 78.7 Å². The van der Waals surface area contributed by atoms with E-state index in [0.29, 0.717) is 53.3 Å². The molecule has 0 amide bonds. The summed E-state index contributed by atoms with van der Waals surface area (Å²) < 4.78 is 36.4. The van der Waals surface area contributed by atoms with Gasteiger partial charge in [-0.1, -0.05) is 25.6 Å². The largest absolute Gasteiger partial charge is 0.508 e. The number of methoxy groups -OCH3 is 1. The Hall–Kier alpha value is -3.52. The SMILES string of the molecule is C=C(/C(F)=c1/nc(OC)nc(N2CCCCC(C)(O)C2)c1=CC)c1cc(O)cc2ccc(F)c(CC)c12.